The first-order valence-electron chi connectivity index (χ1n) is 4.61. The Kier molecular flexibility index (Phi) is 3.73. The third-order valence-corrected chi connectivity index (χ3v) is 2.11. The number of piperidine rings is 1. The van der Waals surface area contributed by atoms with Crippen LogP contribution in [0.25, 0.3) is 0 Å². The summed E-state index contributed by atoms with van der Waals surface area (Å²) in [6, 6.07) is 0. The molecule has 0 bridgehead atoms. The van der Waals surface area contributed by atoms with E-state index >= 15 is 0 Å². The minimum Gasteiger partial charge on any atom is -0.456 e. The summed E-state index contributed by atoms with van der Waals surface area (Å²) >= 11 is 0. The van der Waals surface area contributed by atoms with Gasteiger partial charge in [-0.05, 0) is 19.3 Å². The first-order valence-corrected chi connectivity index (χ1v) is 4.61. The van der Waals surface area contributed by atoms with Crippen LogP contribution in [0.15, 0.2) is 0 Å². The number of hydrogen-bond donors (Lipinski definition) is 0. The molecule has 0 atom stereocenters. The SMILES string of the molecule is CC(=O)OCC(=O)N1CCCCC1. The van der Waals surface area contributed by atoms with Gasteiger partial charge in [0.15, 0.2) is 6.61 Å². The second-order valence-electron chi connectivity index (χ2n) is 3.22. The number of rotatable bonds is 2. The van der Waals surface area contributed by atoms with Crippen LogP contribution in [-0.2, 0) is 14.3 Å². The van der Waals surface area contributed by atoms with E-state index in [1.165, 1.54) is 13.3 Å². The van der Waals surface area contributed by atoms with Crippen molar-refractivity contribution in [2.45, 2.75) is 26.2 Å². The third kappa shape index (κ3) is 3.44. The van der Waals surface area contributed by atoms with E-state index in [0.29, 0.717) is 0 Å². The summed E-state index contributed by atoms with van der Waals surface area (Å²) in [4.78, 5) is 23.5. The maximum atomic E-state index is 11.4. The van der Waals surface area contributed by atoms with Gasteiger partial charge in [-0.1, -0.05) is 0 Å². The average Bonchev–Trinajstić information content (AvgIpc) is 2.15. The normalized spacial score (nSPS) is 16.8. The predicted molar refractivity (Wildman–Crippen MR) is 47.1 cm³/mol. The highest BCUT2D eigenvalue weighted by Crippen LogP contribution is 2.08. The van der Waals surface area contributed by atoms with Gasteiger partial charge < -0.3 is 9.64 Å². The number of carbonyl (C=O) groups is 2. The van der Waals surface area contributed by atoms with Gasteiger partial charge in [-0.15, -0.1) is 0 Å². The fraction of sp³-hybridized carbons (Fsp3) is 0.778. The minimum atomic E-state index is -0.398. The lowest BCUT2D eigenvalue weighted by molar-refractivity contribution is -0.150. The molecule has 13 heavy (non-hydrogen) atoms. The highest BCUT2D eigenvalue weighted by molar-refractivity contribution is 5.80. The molecule has 0 saturated carbocycles. The first-order chi connectivity index (χ1) is 6.20. The molecular weight excluding hydrogens is 170 g/mol. The Balaban J connectivity index is 2.25. The van der Waals surface area contributed by atoms with E-state index in [2.05, 4.69) is 4.74 Å². The van der Waals surface area contributed by atoms with Crippen molar-refractivity contribution in [2.75, 3.05) is 19.7 Å². The van der Waals surface area contributed by atoms with Crippen molar-refractivity contribution in [3.05, 3.63) is 0 Å². The predicted octanol–water partition coefficient (Wildman–Crippen LogP) is 0.562. The van der Waals surface area contributed by atoms with Gasteiger partial charge in [-0.2, -0.15) is 0 Å². The Hall–Kier alpha value is -1.06. The highest BCUT2D eigenvalue weighted by atomic mass is 16.5. The Labute approximate surface area is 77.8 Å². The Morgan fingerprint density at radius 3 is 2.38 bits per heavy atom. The number of amides is 1. The maximum absolute atomic E-state index is 11.4. The van der Waals surface area contributed by atoms with Crippen LogP contribution in [0.3, 0.4) is 0 Å². The lowest BCUT2D eigenvalue weighted by Gasteiger charge is -2.26. The van der Waals surface area contributed by atoms with Crippen LogP contribution in [0.1, 0.15) is 26.2 Å². The van der Waals surface area contributed by atoms with E-state index in [1.54, 1.807) is 4.90 Å². The largest absolute Gasteiger partial charge is 0.456 e. The van der Waals surface area contributed by atoms with Gasteiger partial charge >= 0.3 is 5.97 Å². The molecule has 1 saturated heterocycles. The van der Waals surface area contributed by atoms with Gasteiger partial charge in [0.05, 0.1) is 0 Å². The fourth-order valence-electron chi connectivity index (χ4n) is 1.40. The molecule has 74 valence electrons. The van der Waals surface area contributed by atoms with E-state index in [4.69, 9.17) is 0 Å². The summed E-state index contributed by atoms with van der Waals surface area (Å²) in [5.41, 5.74) is 0. The van der Waals surface area contributed by atoms with Crippen molar-refractivity contribution < 1.29 is 14.3 Å². The molecule has 1 amide bonds. The smallest absolute Gasteiger partial charge is 0.303 e. The van der Waals surface area contributed by atoms with Crippen LogP contribution in [0.5, 0.6) is 0 Å². The van der Waals surface area contributed by atoms with Gasteiger partial charge in [0.25, 0.3) is 5.91 Å². The molecule has 1 rings (SSSR count). The summed E-state index contributed by atoms with van der Waals surface area (Å²) in [6.45, 7) is 2.82. The zero-order valence-electron chi connectivity index (χ0n) is 7.91. The standard InChI is InChI=1S/C9H15NO3/c1-8(11)13-7-9(12)10-5-3-2-4-6-10/h2-7H2,1H3. The Bertz CT molecular complexity index is 197. The molecule has 0 aromatic heterocycles. The molecule has 4 nitrogen and oxygen atoms in total. The molecule has 1 fully saturated rings. The van der Waals surface area contributed by atoms with E-state index in [0.717, 1.165) is 25.9 Å². The van der Waals surface area contributed by atoms with E-state index in [-0.39, 0.29) is 12.5 Å². The van der Waals surface area contributed by atoms with Crippen LogP contribution in [0, 0.1) is 0 Å². The molecule has 0 unspecified atom stereocenters. The van der Waals surface area contributed by atoms with E-state index < -0.39 is 5.97 Å². The van der Waals surface area contributed by atoms with Crippen LogP contribution in [0.4, 0.5) is 0 Å². The Morgan fingerprint density at radius 2 is 1.85 bits per heavy atom. The summed E-state index contributed by atoms with van der Waals surface area (Å²) in [6.07, 6.45) is 3.31. The summed E-state index contributed by atoms with van der Waals surface area (Å²) in [7, 11) is 0. The minimum absolute atomic E-state index is 0.0742. The number of nitrogens with zero attached hydrogens (tertiary/aromatic N) is 1. The molecule has 1 aliphatic heterocycles. The molecule has 0 aromatic rings. The molecule has 0 spiro atoms. The second-order valence-corrected chi connectivity index (χ2v) is 3.22. The summed E-state index contributed by atoms with van der Waals surface area (Å²) < 4.78 is 4.63. The number of likely N-dealkylation sites (tertiary alicyclic amines) is 1. The summed E-state index contributed by atoms with van der Waals surface area (Å²) in [5, 5.41) is 0. The van der Waals surface area contributed by atoms with Crippen molar-refractivity contribution in [3.63, 3.8) is 0 Å². The molecule has 0 aliphatic carbocycles. The highest BCUT2D eigenvalue weighted by Gasteiger charge is 2.16. The molecule has 0 N–H and O–H groups in total. The quantitative estimate of drug-likeness (QED) is 0.590. The number of carbonyl (C=O) groups excluding carboxylic acids is 2. The van der Waals surface area contributed by atoms with Crippen LogP contribution in [-0.4, -0.2) is 36.5 Å². The topological polar surface area (TPSA) is 46.6 Å². The maximum Gasteiger partial charge on any atom is 0.303 e. The van der Waals surface area contributed by atoms with Crippen LogP contribution in [0.2, 0.25) is 0 Å². The first kappa shape index (κ1) is 10.0. The molecule has 1 heterocycles. The van der Waals surface area contributed by atoms with Gasteiger partial charge in [0.1, 0.15) is 0 Å². The van der Waals surface area contributed by atoms with Crippen LogP contribution >= 0.6 is 0 Å². The van der Waals surface area contributed by atoms with E-state index in [1.807, 2.05) is 0 Å². The monoisotopic (exact) mass is 185 g/mol. The van der Waals surface area contributed by atoms with Gasteiger partial charge in [0, 0.05) is 20.0 Å². The number of ether oxygens (including phenoxy) is 1. The van der Waals surface area contributed by atoms with Crippen molar-refractivity contribution in [1.29, 1.82) is 0 Å². The zero-order valence-corrected chi connectivity index (χ0v) is 7.91. The fourth-order valence-corrected chi connectivity index (χ4v) is 1.40. The lowest BCUT2D eigenvalue weighted by atomic mass is 10.1. The molecule has 4 heteroatoms. The number of hydrogen-bond acceptors (Lipinski definition) is 3. The van der Waals surface area contributed by atoms with Gasteiger partial charge in [-0.25, -0.2) is 0 Å². The van der Waals surface area contributed by atoms with Crippen molar-refractivity contribution in [2.24, 2.45) is 0 Å². The summed E-state index contributed by atoms with van der Waals surface area (Å²) in [5.74, 6) is -0.472. The van der Waals surface area contributed by atoms with Gasteiger partial charge in [-0.3, -0.25) is 9.59 Å². The Morgan fingerprint density at radius 1 is 1.23 bits per heavy atom. The number of esters is 1. The van der Waals surface area contributed by atoms with Crippen LogP contribution < -0.4 is 0 Å². The van der Waals surface area contributed by atoms with Crippen molar-refractivity contribution in [1.82, 2.24) is 4.90 Å². The molecule has 0 aromatic carbocycles. The third-order valence-electron chi connectivity index (χ3n) is 2.11. The molecule has 1 aliphatic rings. The van der Waals surface area contributed by atoms with Crippen molar-refractivity contribution >= 4 is 11.9 Å². The average molecular weight is 185 g/mol. The van der Waals surface area contributed by atoms with E-state index in [9.17, 15) is 9.59 Å². The second kappa shape index (κ2) is 4.84. The zero-order chi connectivity index (χ0) is 9.68. The van der Waals surface area contributed by atoms with Gasteiger partial charge in [0.2, 0.25) is 0 Å². The lowest BCUT2D eigenvalue weighted by Crippen LogP contribution is -2.38. The molecular formula is C9H15NO3. The molecule has 0 radical (unpaired) electrons. The van der Waals surface area contributed by atoms with Crippen molar-refractivity contribution in [3.8, 4) is 0 Å².